The van der Waals surface area contributed by atoms with E-state index in [2.05, 4.69) is 28.9 Å². The van der Waals surface area contributed by atoms with Gasteiger partial charge in [-0.2, -0.15) is 0 Å². The lowest BCUT2D eigenvalue weighted by Crippen LogP contribution is -2.47. The molecule has 0 radical (unpaired) electrons. The van der Waals surface area contributed by atoms with Crippen LogP contribution >= 0.6 is 11.3 Å². The number of aromatic nitrogens is 1. The predicted octanol–water partition coefficient (Wildman–Crippen LogP) is 5.36. The summed E-state index contributed by atoms with van der Waals surface area (Å²) in [6, 6.07) is 8.64. The van der Waals surface area contributed by atoms with Crippen LogP contribution in [0, 0.1) is 0 Å². The number of nitrogens with one attached hydrogen (secondary N) is 1. The van der Waals surface area contributed by atoms with E-state index < -0.39 is 0 Å². The van der Waals surface area contributed by atoms with E-state index in [0.29, 0.717) is 6.10 Å². The molecule has 0 bridgehead atoms. The molecule has 3 fully saturated rings. The Labute approximate surface area is 184 Å². The molecule has 4 nitrogen and oxygen atoms in total. The first-order valence-electron chi connectivity index (χ1n) is 11.7. The molecule has 162 valence electrons. The van der Waals surface area contributed by atoms with Crippen molar-refractivity contribution in [3.8, 4) is 0 Å². The molecule has 3 aliphatic rings. The number of thiophene rings is 1. The first kappa shape index (κ1) is 20.6. The molecule has 1 aliphatic heterocycles. The van der Waals surface area contributed by atoms with Crippen LogP contribution in [0.5, 0.6) is 0 Å². The molecule has 0 amide bonds. The summed E-state index contributed by atoms with van der Waals surface area (Å²) in [5, 5.41) is 5.93. The monoisotopic (exact) mass is 426 g/mol. The van der Waals surface area contributed by atoms with Crippen LogP contribution in [0.2, 0.25) is 0 Å². The van der Waals surface area contributed by atoms with E-state index in [4.69, 9.17) is 14.5 Å². The van der Waals surface area contributed by atoms with E-state index >= 15 is 0 Å². The lowest BCUT2D eigenvalue weighted by molar-refractivity contribution is -0.104. The van der Waals surface area contributed by atoms with Gasteiger partial charge in [0.05, 0.1) is 18.3 Å². The molecule has 2 aliphatic carbocycles. The van der Waals surface area contributed by atoms with Crippen molar-refractivity contribution < 1.29 is 9.47 Å². The van der Waals surface area contributed by atoms with Gasteiger partial charge in [-0.15, -0.1) is 11.3 Å². The summed E-state index contributed by atoms with van der Waals surface area (Å²) < 4.78 is 12.3. The third kappa shape index (κ3) is 4.64. The fourth-order valence-electron chi connectivity index (χ4n) is 5.42. The summed E-state index contributed by atoms with van der Waals surface area (Å²) in [7, 11) is 0. The molecule has 30 heavy (non-hydrogen) atoms. The average Bonchev–Trinajstić information content (AvgIpc) is 3.34. The van der Waals surface area contributed by atoms with Crippen molar-refractivity contribution >= 4 is 11.3 Å². The summed E-state index contributed by atoms with van der Waals surface area (Å²) in [6.45, 7) is 3.57. The zero-order chi connectivity index (χ0) is 20.3. The largest absolute Gasteiger partial charge is 0.375 e. The molecule has 1 saturated heterocycles. The van der Waals surface area contributed by atoms with E-state index in [0.717, 1.165) is 45.6 Å². The second kappa shape index (κ2) is 9.07. The summed E-state index contributed by atoms with van der Waals surface area (Å²) in [5.74, 6) is 0. The maximum absolute atomic E-state index is 6.37. The van der Waals surface area contributed by atoms with Gasteiger partial charge in [-0.3, -0.25) is 4.98 Å². The maximum Gasteiger partial charge on any atom is 0.0731 e. The number of hydrogen-bond donors (Lipinski definition) is 1. The molecule has 5 rings (SSSR count). The SMILES string of the molecule is c1ccc([C@]2(CCNCc3sccc3COC3CC3)CCOC3(CCCC3)C2)nc1. The Morgan fingerprint density at radius 2 is 2.07 bits per heavy atom. The lowest BCUT2D eigenvalue weighted by Gasteiger charge is -2.46. The van der Waals surface area contributed by atoms with Gasteiger partial charge in [-0.1, -0.05) is 18.9 Å². The van der Waals surface area contributed by atoms with Crippen LogP contribution < -0.4 is 5.32 Å². The Bertz CT molecular complexity index is 814. The topological polar surface area (TPSA) is 43.4 Å². The summed E-state index contributed by atoms with van der Waals surface area (Å²) >= 11 is 1.84. The molecule has 2 aromatic heterocycles. The third-order valence-electron chi connectivity index (χ3n) is 7.27. The Morgan fingerprint density at radius 1 is 1.17 bits per heavy atom. The molecule has 1 N–H and O–H groups in total. The third-order valence-corrected chi connectivity index (χ3v) is 8.24. The van der Waals surface area contributed by atoms with Crippen LogP contribution in [-0.2, 0) is 28.0 Å². The first-order chi connectivity index (χ1) is 14.8. The molecule has 1 spiro atoms. The van der Waals surface area contributed by atoms with Crippen LogP contribution in [0.15, 0.2) is 35.8 Å². The van der Waals surface area contributed by atoms with Gasteiger partial charge in [-0.05, 0) is 80.6 Å². The minimum atomic E-state index is 0.0941. The molecule has 0 unspecified atom stereocenters. The molecular formula is C25H34N2O2S. The molecule has 2 aromatic rings. The van der Waals surface area contributed by atoms with Crippen molar-refractivity contribution in [3.05, 3.63) is 52.0 Å². The van der Waals surface area contributed by atoms with Crippen molar-refractivity contribution in [2.75, 3.05) is 13.2 Å². The lowest BCUT2D eigenvalue weighted by atomic mass is 9.68. The number of pyridine rings is 1. The molecule has 5 heteroatoms. The Balaban J connectivity index is 1.22. The predicted molar refractivity (Wildman–Crippen MR) is 121 cm³/mol. The first-order valence-corrected chi connectivity index (χ1v) is 12.6. The van der Waals surface area contributed by atoms with Crippen LogP contribution in [0.25, 0.3) is 0 Å². The van der Waals surface area contributed by atoms with Crippen LogP contribution in [0.3, 0.4) is 0 Å². The van der Waals surface area contributed by atoms with Crippen LogP contribution in [0.1, 0.15) is 73.9 Å². The van der Waals surface area contributed by atoms with E-state index in [1.165, 1.54) is 54.7 Å². The zero-order valence-electron chi connectivity index (χ0n) is 17.9. The van der Waals surface area contributed by atoms with Crippen LogP contribution in [-0.4, -0.2) is 29.8 Å². The second-order valence-electron chi connectivity index (χ2n) is 9.47. The Hall–Kier alpha value is -1.27. The Kier molecular flexibility index (Phi) is 6.24. The molecule has 1 atom stereocenters. The second-order valence-corrected chi connectivity index (χ2v) is 10.5. The van der Waals surface area contributed by atoms with E-state index in [1.54, 1.807) is 0 Å². The number of ether oxygens (including phenoxy) is 2. The van der Waals surface area contributed by atoms with E-state index in [9.17, 15) is 0 Å². The molecule has 0 aromatic carbocycles. The highest BCUT2D eigenvalue weighted by Crippen LogP contribution is 2.49. The molecule has 3 heterocycles. The molecular weight excluding hydrogens is 392 g/mol. The van der Waals surface area contributed by atoms with Crippen LogP contribution in [0.4, 0.5) is 0 Å². The smallest absolute Gasteiger partial charge is 0.0731 e. The highest BCUT2D eigenvalue weighted by atomic mass is 32.1. The van der Waals surface area contributed by atoms with Gasteiger partial charge >= 0.3 is 0 Å². The van der Waals surface area contributed by atoms with Gasteiger partial charge in [0.15, 0.2) is 0 Å². The molecule has 2 saturated carbocycles. The summed E-state index contributed by atoms with van der Waals surface area (Å²) in [4.78, 5) is 6.24. The van der Waals surface area contributed by atoms with Gasteiger partial charge in [-0.25, -0.2) is 0 Å². The number of nitrogens with zero attached hydrogens (tertiary/aromatic N) is 1. The quantitative estimate of drug-likeness (QED) is 0.548. The van der Waals surface area contributed by atoms with Crippen molar-refractivity contribution in [2.45, 2.75) is 88.1 Å². The fourth-order valence-corrected chi connectivity index (χ4v) is 6.28. The number of rotatable bonds is 9. The van der Waals surface area contributed by atoms with Crippen molar-refractivity contribution in [1.82, 2.24) is 10.3 Å². The van der Waals surface area contributed by atoms with Crippen molar-refractivity contribution in [3.63, 3.8) is 0 Å². The highest BCUT2D eigenvalue weighted by molar-refractivity contribution is 7.10. The van der Waals surface area contributed by atoms with Crippen molar-refractivity contribution in [1.29, 1.82) is 0 Å². The highest BCUT2D eigenvalue weighted by Gasteiger charge is 2.48. The van der Waals surface area contributed by atoms with Gasteiger partial charge in [0.25, 0.3) is 0 Å². The standard InChI is InChI=1S/C25H34N2O2S/c1-4-13-27-23(5-1)24(12-15-29-25(19-24)9-2-3-10-25)11-14-26-17-22-20(8-16-30-22)18-28-21-6-7-21/h1,4-5,8,13,16,21,26H,2-3,6-7,9-12,14-15,17-19H2/t24-/m1/s1. The van der Waals surface area contributed by atoms with E-state index in [1.807, 2.05) is 23.6 Å². The summed E-state index contributed by atoms with van der Waals surface area (Å²) in [6.07, 6.45) is 13.3. The van der Waals surface area contributed by atoms with Gasteiger partial charge in [0.1, 0.15) is 0 Å². The minimum Gasteiger partial charge on any atom is -0.375 e. The van der Waals surface area contributed by atoms with Crippen molar-refractivity contribution in [2.24, 2.45) is 0 Å². The maximum atomic E-state index is 6.37. The minimum absolute atomic E-state index is 0.0941. The Morgan fingerprint density at radius 3 is 2.87 bits per heavy atom. The van der Waals surface area contributed by atoms with E-state index in [-0.39, 0.29) is 11.0 Å². The van der Waals surface area contributed by atoms with Gasteiger partial charge < -0.3 is 14.8 Å². The summed E-state index contributed by atoms with van der Waals surface area (Å²) in [5.41, 5.74) is 2.84. The van der Waals surface area contributed by atoms with Gasteiger partial charge in [0.2, 0.25) is 0 Å². The average molecular weight is 427 g/mol. The normalized spacial score (nSPS) is 25.7. The number of hydrogen-bond acceptors (Lipinski definition) is 5. The zero-order valence-corrected chi connectivity index (χ0v) is 18.7. The fraction of sp³-hybridized carbons (Fsp3) is 0.640. The van der Waals surface area contributed by atoms with Gasteiger partial charge in [0, 0.05) is 35.3 Å².